The van der Waals surface area contributed by atoms with E-state index >= 15 is 0 Å². The first kappa shape index (κ1) is 13.7. The maximum atomic E-state index is 5.85. The van der Waals surface area contributed by atoms with Crippen LogP contribution >= 0.6 is 15.9 Å². The molecule has 0 bridgehead atoms. The van der Waals surface area contributed by atoms with Gasteiger partial charge in [-0.25, -0.2) is 15.0 Å². The van der Waals surface area contributed by atoms with E-state index in [1.807, 2.05) is 6.07 Å². The quantitative estimate of drug-likeness (QED) is 0.926. The lowest BCUT2D eigenvalue weighted by atomic mass is 10.2. The van der Waals surface area contributed by atoms with E-state index in [4.69, 9.17) is 15.2 Å². The summed E-state index contributed by atoms with van der Waals surface area (Å²) in [5.41, 5.74) is 7.30. The molecule has 0 atom stereocenters. The highest BCUT2D eigenvalue weighted by atomic mass is 79.9. The van der Waals surface area contributed by atoms with Crippen LogP contribution in [0.25, 0.3) is 11.4 Å². The maximum Gasteiger partial charge on any atom is 0.212 e. The zero-order valence-electron chi connectivity index (χ0n) is 10.6. The Hall–Kier alpha value is -1.73. The molecular weight excluding hydrogens is 312 g/mol. The Morgan fingerprint density at radius 2 is 2.05 bits per heavy atom. The fourth-order valence-electron chi connectivity index (χ4n) is 1.51. The van der Waals surface area contributed by atoms with Crippen molar-refractivity contribution in [1.82, 2.24) is 15.0 Å². The summed E-state index contributed by atoms with van der Waals surface area (Å²) in [7, 11) is 3.16. The van der Waals surface area contributed by atoms with E-state index in [1.54, 1.807) is 26.5 Å². The number of halogens is 1. The molecule has 0 aliphatic rings. The van der Waals surface area contributed by atoms with Crippen LogP contribution in [0.2, 0.25) is 0 Å². The van der Waals surface area contributed by atoms with Gasteiger partial charge < -0.3 is 15.2 Å². The summed E-state index contributed by atoms with van der Waals surface area (Å²) < 4.78 is 10.7. The summed E-state index contributed by atoms with van der Waals surface area (Å²) in [6, 6.07) is 3.57. The number of hydrogen-bond donors (Lipinski definition) is 1. The molecule has 2 aromatic heterocycles. The number of aromatic nitrogens is 3. The van der Waals surface area contributed by atoms with Crippen LogP contribution in [0.5, 0.6) is 5.88 Å². The van der Waals surface area contributed by atoms with E-state index in [0.717, 1.165) is 5.56 Å². The number of hydrogen-bond acceptors (Lipinski definition) is 6. The molecule has 2 aromatic rings. The van der Waals surface area contributed by atoms with Gasteiger partial charge in [-0.1, -0.05) is 0 Å². The average molecular weight is 325 g/mol. The molecule has 2 rings (SSSR count). The van der Waals surface area contributed by atoms with Crippen molar-refractivity contribution in [3.05, 3.63) is 28.5 Å². The second-order valence-corrected chi connectivity index (χ2v) is 4.51. The monoisotopic (exact) mass is 324 g/mol. The normalized spacial score (nSPS) is 10.5. The molecule has 0 aromatic carbocycles. The lowest BCUT2D eigenvalue weighted by molar-refractivity contribution is 0.181. The van der Waals surface area contributed by atoms with Crippen molar-refractivity contribution in [2.24, 2.45) is 0 Å². The number of methoxy groups -OCH3 is 2. The number of pyridine rings is 1. The predicted octanol–water partition coefficient (Wildman–Crippen LogP) is 2.04. The van der Waals surface area contributed by atoms with E-state index in [1.165, 1.54) is 0 Å². The zero-order chi connectivity index (χ0) is 13.8. The van der Waals surface area contributed by atoms with Gasteiger partial charge >= 0.3 is 0 Å². The molecule has 100 valence electrons. The number of anilines is 1. The molecule has 7 heteroatoms. The van der Waals surface area contributed by atoms with Crippen molar-refractivity contribution < 1.29 is 9.47 Å². The fourth-order valence-corrected chi connectivity index (χ4v) is 1.80. The molecule has 19 heavy (non-hydrogen) atoms. The van der Waals surface area contributed by atoms with Crippen molar-refractivity contribution in [2.75, 3.05) is 20.0 Å². The molecule has 0 saturated carbocycles. The number of rotatable bonds is 4. The van der Waals surface area contributed by atoms with Gasteiger partial charge in [0.05, 0.1) is 23.9 Å². The first-order valence-corrected chi connectivity index (χ1v) is 6.26. The first-order valence-electron chi connectivity index (χ1n) is 5.47. The van der Waals surface area contributed by atoms with E-state index < -0.39 is 0 Å². The minimum atomic E-state index is 0.351. The van der Waals surface area contributed by atoms with E-state index in [9.17, 15) is 0 Å². The van der Waals surface area contributed by atoms with Crippen LogP contribution in [0.1, 0.15) is 5.69 Å². The molecule has 0 unspecified atom stereocenters. The van der Waals surface area contributed by atoms with Gasteiger partial charge in [-0.15, -0.1) is 0 Å². The summed E-state index contributed by atoms with van der Waals surface area (Å²) in [5.74, 6) is 1.40. The van der Waals surface area contributed by atoms with Gasteiger partial charge in [-0.05, 0) is 22.0 Å². The van der Waals surface area contributed by atoms with Gasteiger partial charge in [-0.3, -0.25) is 0 Å². The number of nitrogen functional groups attached to an aromatic ring is 1. The molecule has 0 amide bonds. The standard InChI is InChI=1S/C12H13BrN4O2/c1-18-6-8-10(13)11(14)17-12(16-8)7-3-4-9(19-2)15-5-7/h3-5H,6H2,1-2H3,(H2,14,16,17). The number of nitrogens with zero attached hydrogens (tertiary/aromatic N) is 3. The van der Waals surface area contributed by atoms with Gasteiger partial charge in [0, 0.05) is 24.9 Å². The highest BCUT2D eigenvalue weighted by molar-refractivity contribution is 9.10. The lowest BCUT2D eigenvalue weighted by Gasteiger charge is -2.08. The first-order chi connectivity index (χ1) is 9.15. The number of nitrogens with two attached hydrogens (primary N) is 1. The number of ether oxygens (including phenoxy) is 2. The molecule has 0 fully saturated rings. The molecule has 2 heterocycles. The predicted molar refractivity (Wildman–Crippen MR) is 74.6 cm³/mol. The van der Waals surface area contributed by atoms with Gasteiger partial charge in [0.25, 0.3) is 0 Å². The van der Waals surface area contributed by atoms with Gasteiger partial charge in [0.2, 0.25) is 5.88 Å². The van der Waals surface area contributed by atoms with Crippen LogP contribution < -0.4 is 10.5 Å². The molecule has 0 aliphatic heterocycles. The van der Waals surface area contributed by atoms with Crippen molar-refractivity contribution in [3.8, 4) is 17.3 Å². The Kier molecular flexibility index (Phi) is 4.28. The largest absolute Gasteiger partial charge is 0.481 e. The second-order valence-electron chi connectivity index (χ2n) is 3.72. The second kappa shape index (κ2) is 5.94. The van der Waals surface area contributed by atoms with Crippen LogP contribution in [0.3, 0.4) is 0 Å². The van der Waals surface area contributed by atoms with Crippen molar-refractivity contribution in [2.45, 2.75) is 6.61 Å². The minimum absolute atomic E-state index is 0.351. The molecule has 0 saturated heterocycles. The highest BCUT2D eigenvalue weighted by Gasteiger charge is 2.11. The molecule has 0 radical (unpaired) electrons. The third kappa shape index (κ3) is 2.99. The third-order valence-electron chi connectivity index (χ3n) is 2.43. The smallest absolute Gasteiger partial charge is 0.212 e. The van der Waals surface area contributed by atoms with Crippen LogP contribution in [0.15, 0.2) is 22.8 Å². The van der Waals surface area contributed by atoms with Crippen LogP contribution in [-0.4, -0.2) is 29.2 Å². The van der Waals surface area contributed by atoms with Crippen LogP contribution in [-0.2, 0) is 11.3 Å². The Morgan fingerprint density at radius 1 is 1.26 bits per heavy atom. The van der Waals surface area contributed by atoms with E-state index in [2.05, 4.69) is 30.9 Å². The van der Waals surface area contributed by atoms with E-state index in [0.29, 0.717) is 34.3 Å². The third-order valence-corrected chi connectivity index (χ3v) is 3.29. The lowest BCUT2D eigenvalue weighted by Crippen LogP contribution is -2.04. The van der Waals surface area contributed by atoms with Crippen LogP contribution in [0, 0.1) is 0 Å². The van der Waals surface area contributed by atoms with Gasteiger partial charge in [0.15, 0.2) is 5.82 Å². The fraction of sp³-hybridized carbons (Fsp3) is 0.250. The SMILES string of the molecule is COCc1nc(-c2ccc(OC)nc2)nc(N)c1Br. The summed E-state index contributed by atoms with van der Waals surface area (Å²) in [6.07, 6.45) is 1.64. The summed E-state index contributed by atoms with van der Waals surface area (Å²) >= 11 is 3.35. The summed E-state index contributed by atoms with van der Waals surface area (Å²) in [4.78, 5) is 12.7. The zero-order valence-corrected chi connectivity index (χ0v) is 12.1. The summed E-state index contributed by atoms with van der Waals surface area (Å²) in [6.45, 7) is 0.351. The Balaban J connectivity index is 2.43. The minimum Gasteiger partial charge on any atom is -0.481 e. The van der Waals surface area contributed by atoms with E-state index in [-0.39, 0.29) is 0 Å². The Morgan fingerprint density at radius 3 is 2.63 bits per heavy atom. The highest BCUT2D eigenvalue weighted by Crippen LogP contribution is 2.25. The van der Waals surface area contributed by atoms with Crippen molar-refractivity contribution in [1.29, 1.82) is 0 Å². The average Bonchev–Trinajstić information content (AvgIpc) is 2.44. The molecule has 6 nitrogen and oxygen atoms in total. The van der Waals surface area contributed by atoms with Gasteiger partial charge in [-0.2, -0.15) is 0 Å². The topological polar surface area (TPSA) is 83.2 Å². The molecule has 2 N–H and O–H groups in total. The molecular formula is C12H13BrN4O2. The van der Waals surface area contributed by atoms with Crippen molar-refractivity contribution >= 4 is 21.7 Å². The molecule has 0 spiro atoms. The molecule has 0 aliphatic carbocycles. The van der Waals surface area contributed by atoms with Crippen LogP contribution in [0.4, 0.5) is 5.82 Å². The maximum absolute atomic E-state index is 5.85. The van der Waals surface area contributed by atoms with Crippen molar-refractivity contribution in [3.63, 3.8) is 0 Å². The Bertz CT molecular complexity index is 575. The Labute approximate surface area is 119 Å². The summed E-state index contributed by atoms with van der Waals surface area (Å²) in [5, 5.41) is 0. The van der Waals surface area contributed by atoms with Gasteiger partial charge in [0.1, 0.15) is 5.82 Å².